The Hall–Kier alpha value is -2.89. The highest BCUT2D eigenvalue weighted by atomic mass is 16.4. The fourth-order valence-corrected chi connectivity index (χ4v) is 3.17. The molecule has 6 nitrogen and oxygen atoms in total. The second-order valence-electron chi connectivity index (χ2n) is 6.54. The molecule has 1 aliphatic rings. The summed E-state index contributed by atoms with van der Waals surface area (Å²) in [6, 6.07) is 9.03. The summed E-state index contributed by atoms with van der Waals surface area (Å²) in [6.45, 7) is 1.66. The molecule has 1 N–H and O–H groups in total. The average molecular weight is 340 g/mol. The highest BCUT2D eigenvalue weighted by molar-refractivity contribution is 6.26. The number of carbonyl (C=O) groups excluding carboxylic acids is 2. The average Bonchev–Trinajstić information content (AvgIpc) is 2.58. The van der Waals surface area contributed by atoms with Crippen molar-refractivity contribution in [3.8, 4) is 0 Å². The molecule has 2 aromatic carbocycles. The maximum atomic E-state index is 12.8. The lowest BCUT2D eigenvalue weighted by Gasteiger charge is -2.29. The highest BCUT2D eigenvalue weighted by Crippen LogP contribution is 2.35. The predicted molar refractivity (Wildman–Crippen MR) is 95.1 cm³/mol. The van der Waals surface area contributed by atoms with E-state index >= 15 is 0 Å². The number of carboxylic acid groups (broad SMARTS) is 1. The lowest BCUT2D eigenvalue weighted by atomic mass is 9.92. The molecule has 0 fully saturated rings. The lowest BCUT2D eigenvalue weighted by molar-refractivity contribution is -0.141. The van der Waals surface area contributed by atoms with Crippen LogP contribution in [-0.4, -0.2) is 48.4 Å². The second kappa shape index (κ2) is 6.20. The molecular weight excluding hydrogens is 320 g/mol. The normalized spacial score (nSPS) is 14.8. The number of nitrogens with zero attached hydrogens (tertiary/aromatic N) is 2. The van der Waals surface area contributed by atoms with Crippen LogP contribution in [0.5, 0.6) is 0 Å². The number of hydrogen-bond acceptors (Lipinski definition) is 4. The minimum absolute atomic E-state index is 0.0936. The van der Waals surface area contributed by atoms with Crippen molar-refractivity contribution in [2.24, 2.45) is 5.92 Å². The van der Waals surface area contributed by atoms with Crippen molar-refractivity contribution in [3.63, 3.8) is 0 Å². The first kappa shape index (κ1) is 17.0. The Morgan fingerprint density at radius 3 is 2.36 bits per heavy atom. The van der Waals surface area contributed by atoms with Gasteiger partial charge >= 0.3 is 5.97 Å². The maximum absolute atomic E-state index is 12.8. The van der Waals surface area contributed by atoms with E-state index in [1.54, 1.807) is 25.1 Å². The van der Waals surface area contributed by atoms with Gasteiger partial charge in [-0.3, -0.25) is 19.3 Å². The van der Waals surface area contributed by atoms with Gasteiger partial charge in [0.05, 0.1) is 5.92 Å². The molecule has 25 heavy (non-hydrogen) atoms. The molecule has 0 radical (unpaired) electrons. The van der Waals surface area contributed by atoms with Gasteiger partial charge in [0.2, 0.25) is 0 Å². The molecule has 1 aliphatic heterocycles. The number of carboxylic acids is 1. The van der Waals surface area contributed by atoms with E-state index in [1.165, 1.54) is 0 Å². The van der Waals surface area contributed by atoms with Crippen molar-refractivity contribution in [1.29, 1.82) is 0 Å². The molecular formula is C19H20N2O4. The quantitative estimate of drug-likeness (QED) is 0.847. The van der Waals surface area contributed by atoms with Crippen LogP contribution in [0.3, 0.4) is 0 Å². The summed E-state index contributed by atoms with van der Waals surface area (Å²) in [5, 5.41) is 10.5. The van der Waals surface area contributed by atoms with Crippen LogP contribution in [0.25, 0.3) is 10.8 Å². The molecule has 0 aromatic heterocycles. The summed E-state index contributed by atoms with van der Waals surface area (Å²) in [6.07, 6.45) is 0.230. The standard InChI is InChI=1S/C19H20N2O4/c1-11(19(24)25)9-10-21-17(22)13-6-4-5-12-15(20(2)3)8-7-14(16(12)13)18(21)23/h4-8,11H,9-10H2,1-3H3,(H,24,25)/t11-/m1/s1. The van der Waals surface area contributed by atoms with Crippen LogP contribution in [-0.2, 0) is 4.79 Å². The fraction of sp³-hybridized carbons (Fsp3) is 0.316. The molecule has 1 atom stereocenters. The molecule has 3 rings (SSSR count). The minimum Gasteiger partial charge on any atom is -0.481 e. The van der Waals surface area contributed by atoms with Gasteiger partial charge in [0, 0.05) is 48.2 Å². The molecule has 0 aliphatic carbocycles. The van der Waals surface area contributed by atoms with Crippen LogP contribution in [0.4, 0.5) is 5.69 Å². The third-order valence-electron chi connectivity index (χ3n) is 4.66. The van der Waals surface area contributed by atoms with Crippen molar-refractivity contribution in [2.45, 2.75) is 13.3 Å². The first-order valence-corrected chi connectivity index (χ1v) is 8.15. The number of imide groups is 1. The summed E-state index contributed by atoms with van der Waals surface area (Å²) in [5.41, 5.74) is 1.91. The van der Waals surface area contributed by atoms with Gasteiger partial charge in [-0.1, -0.05) is 19.1 Å². The van der Waals surface area contributed by atoms with Gasteiger partial charge in [-0.25, -0.2) is 0 Å². The second-order valence-corrected chi connectivity index (χ2v) is 6.54. The van der Waals surface area contributed by atoms with E-state index in [9.17, 15) is 14.4 Å². The van der Waals surface area contributed by atoms with E-state index in [1.807, 2.05) is 31.1 Å². The smallest absolute Gasteiger partial charge is 0.306 e. The van der Waals surface area contributed by atoms with Crippen molar-refractivity contribution >= 4 is 34.2 Å². The van der Waals surface area contributed by atoms with E-state index in [0.29, 0.717) is 16.5 Å². The Kier molecular flexibility index (Phi) is 4.20. The zero-order chi connectivity index (χ0) is 18.3. The summed E-state index contributed by atoms with van der Waals surface area (Å²) in [7, 11) is 3.83. The number of carbonyl (C=O) groups is 3. The van der Waals surface area contributed by atoms with Gasteiger partial charge in [-0.15, -0.1) is 0 Å². The molecule has 0 saturated heterocycles. The highest BCUT2D eigenvalue weighted by Gasteiger charge is 2.33. The van der Waals surface area contributed by atoms with Gasteiger partial charge in [-0.2, -0.15) is 0 Å². The van der Waals surface area contributed by atoms with Crippen molar-refractivity contribution in [3.05, 3.63) is 41.5 Å². The summed E-state index contributed by atoms with van der Waals surface area (Å²) < 4.78 is 0. The van der Waals surface area contributed by atoms with Crippen molar-refractivity contribution < 1.29 is 19.5 Å². The van der Waals surface area contributed by atoms with Gasteiger partial charge in [0.1, 0.15) is 0 Å². The zero-order valence-electron chi connectivity index (χ0n) is 14.4. The Morgan fingerprint density at radius 2 is 1.76 bits per heavy atom. The van der Waals surface area contributed by atoms with E-state index < -0.39 is 11.9 Å². The SMILES string of the molecule is C[C@H](CCN1C(=O)c2cccc3c(N(C)C)ccc(c23)C1=O)C(=O)O. The maximum Gasteiger partial charge on any atom is 0.306 e. The number of hydrogen-bond donors (Lipinski definition) is 1. The molecule has 2 aromatic rings. The Morgan fingerprint density at radius 1 is 1.12 bits per heavy atom. The number of anilines is 1. The molecule has 0 saturated carbocycles. The Bertz CT molecular complexity index is 866. The molecule has 130 valence electrons. The van der Waals surface area contributed by atoms with Crippen LogP contribution < -0.4 is 4.90 Å². The van der Waals surface area contributed by atoms with Crippen molar-refractivity contribution in [1.82, 2.24) is 4.90 Å². The van der Waals surface area contributed by atoms with Gasteiger partial charge in [0.15, 0.2) is 0 Å². The van der Waals surface area contributed by atoms with Gasteiger partial charge in [0.25, 0.3) is 11.8 Å². The van der Waals surface area contributed by atoms with E-state index in [0.717, 1.165) is 16.0 Å². The largest absolute Gasteiger partial charge is 0.481 e. The monoisotopic (exact) mass is 340 g/mol. The van der Waals surface area contributed by atoms with Gasteiger partial charge < -0.3 is 10.0 Å². The summed E-state index contributed by atoms with van der Waals surface area (Å²) in [5.74, 6) is -2.28. The Labute approximate surface area is 145 Å². The first-order chi connectivity index (χ1) is 11.8. The lowest BCUT2D eigenvalue weighted by Crippen LogP contribution is -2.41. The number of aliphatic carboxylic acids is 1. The van der Waals surface area contributed by atoms with Crippen LogP contribution in [0.15, 0.2) is 30.3 Å². The van der Waals surface area contributed by atoms with E-state index in [-0.39, 0.29) is 24.8 Å². The van der Waals surface area contributed by atoms with Crippen LogP contribution in [0.1, 0.15) is 34.1 Å². The Balaban J connectivity index is 2.06. The van der Waals surface area contributed by atoms with Crippen LogP contribution in [0, 0.1) is 5.92 Å². The molecule has 6 heteroatoms. The fourth-order valence-electron chi connectivity index (χ4n) is 3.17. The van der Waals surface area contributed by atoms with E-state index in [4.69, 9.17) is 5.11 Å². The number of benzene rings is 2. The van der Waals surface area contributed by atoms with Crippen molar-refractivity contribution in [2.75, 3.05) is 25.5 Å². The van der Waals surface area contributed by atoms with E-state index in [2.05, 4.69) is 0 Å². The molecule has 1 heterocycles. The molecule has 0 unspecified atom stereocenters. The minimum atomic E-state index is -0.935. The first-order valence-electron chi connectivity index (χ1n) is 8.15. The van der Waals surface area contributed by atoms with Gasteiger partial charge in [-0.05, 0) is 24.6 Å². The third kappa shape index (κ3) is 2.73. The molecule has 0 bridgehead atoms. The predicted octanol–water partition coefficient (Wildman–Crippen LogP) is 2.61. The number of amides is 2. The summed E-state index contributed by atoms with van der Waals surface area (Å²) >= 11 is 0. The zero-order valence-corrected chi connectivity index (χ0v) is 14.4. The number of rotatable bonds is 5. The molecule has 0 spiro atoms. The third-order valence-corrected chi connectivity index (χ3v) is 4.66. The molecule has 2 amide bonds. The van der Waals surface area contributed by atoms with Crippen LogP contribution >= 0.6 is 0 Å². The van der Waals surface area contributed by atoms with Crippen LogP contribution in [0.2, 0.25) is 0 Å². The summed E-state index contributed by atoms with van der Waals surface area (Å²) in [4.78, 5) is 39.7. The topological polar surface area (TPSA) is 77.9 Å².